The molecule has 0 unspecified atom stereocenters. The third kappa shape index (κ3) is 3.00. The highest BCUT2D eigenvalue weighted by atomic mass is 16.2. The van der Waals surface area contributed by atoms with Crippen molar-refractivity contribution in [2.75, 3.05) is 19.6 Å². The number of amides is 1. The highest BCUT2D eigenvalue weighted by Crippen LogP contribution is 2.25. The largest absolute Gasteiger partial charge is 0.361 e. The molecule has 1 saturated carbocycles. The number of piperazine rings is 1. The summed E-state index contributed by atoms with van der Waals surface area (Å²) in [5.74, 6) is 0.324. The molecule has 1 amide bonds. The van der Waals surface area contributed by atoms with E-state index in [0.29, 0.717) is 18.5 Å². The number of hydrogen-bond acceptors (Lipinski definition) is 2. The molecule has 0 bridgehead atoms. The molecule has 1 N–H and O–H groups in total. The van der Waals surface area contributed by atoms with Gasteiger partial charge >= 0.3 is 0 Å². The number of hydrogen-bond donors (Lipinski definition) is 1. The normalized spacial score (nSPS) is 21.2. The van der Waals surface area contributed by atoms with Gasteiger partial charge in [0, 0.05) is 42.8 Å². The lowest BCUT2D eigenvalue weighted by Crippen LogP contribution is -2.54. The van der Waals surface area contributed by atoms with Crippen molar-refractivity contribution in [3.05, 3.63) is 36.0 Å². The summed E-state index contributed by atoms with van der Waals surface area (Å²) in [5.41, 5.74) is 2.48. The highest BCUT2D eigenvalue weighted by molar-refractivity contribution is 5.83. The van der Waals surface area contributed by atoms with Crippen LogP contribution in [0.25, 0.3) is 10.9 Å². The average molecular weight is 311 g/mol. The third-order valence-electron chi connectivity index (χ3n) is 5.43. The number of carbonyl (C=O) groups is 1. The maximum absolute atomic E-state index is 12.6. The lowest BCUT2D eigenvalue weighted by atomic mass is 9.93. The first kappa shape index (κ1) is 14.8. The number of nitrogens with zero attached hydrogens (tertiary/aromatic N) is 2. The molecule has 4 rings (SSSR count). The number of carbonyl (C=O) groups excluding carboxylic acids is 1. The zero-order valence-electron chi connectivity index (χ0n) is 13.6. The number of benzene rings is 1. The summed E-state index contributed by atoms with van der Waals surface area (Å²) in [6.07, 6.45) is 8.30. The minimum Gasteiger partial charge on any atom is -0.361 e. The Kier molecular flexibility index (Phi) is 4.08. The van der Waals surface area contributed by atoms with E-state index in [-0.39, 0.29) is 0 Å². The summed E-state index contributed by atoms with van der Waals surface area (Å²) in [6, 6.07) is 9.00. The van der Waals surface area contributed by atoms with Gasteiger partial charge in [0.15, 0.2) is 0 Å². The maximum atomic E-state index is 12.6. The van der Waals surface area contributed by atoms with Gasteiger partial charge in [0.2, 0.25) is 5.91 Å². The van der Waals surface area contributed by atoms with Gasteiger partial charge in [-0.1, -0.05) is 31.4 Å². The van der Waals surface area contributed by atoms with Gasteiger partial charge in [-0.05, 0) is 30.5 Å². The Balaban J connectivity index is 1.42. The molecule has 1 aliphatic carbocycles. The summed E-state index contributed by atoms with van der Waals surface area (Å²) in [5, 5.41) is 1.27. The molecule has 2 heterocycles. The van der Waals surface area contributed by atoms with Gasteiger partial charge in [-0.3, -0.25) is 9.69 Å². The maximum Gasteiger partial charge on any atom is 0.237 e. The molecule has 1 aromatic heterocycles. The van der Waals surface area contributed by atoms with Gasteiger partial charge in [0.1, 0.15) is 0 Å². The van der Waals surface area contributed by atoms with Gasteiger partial charge in [-0.2, -0.15) is 0 Å². The van der Waals surface area contributed by atoms with Gasteiger partial charge in [-0.15, -0.1) is 0 Å². The van der Waals surface area contributed by atoms with E-state index in [2.05, 4.69) is 39.0 Å². The van der Waals surface area contributed by atoms with Crippen LogP contribution < -0.4 is 0 Å². The van der Waals surface area contributed by atoms with Crippen LogP contribution in [-0.4, -0.2) is 46.4 Å². The average Bonchev–Trinajstić information content (AvgIpc) is 3.06. The van der Waals surface area contributed by atoms with E-state index < -0.39 is 0 Å². The van der Waals surface area contributed by atoms with Crippen molar-refractivity contribution in [1.29, 1.82) is 0 Å². The lowest BCUT2D eigenvalue weighted by molar-refractivity contribution is -0.139. The first-order valence-corrected chi connectivity index (χ1v) is 8.88. The third-order valence-corrected chi connectivity index (χ3v) is 5.43. The van der Waals surface area contributed by atoms with Crippen LogP contribution in [-0.2, 0) is 11.3 Å². The minimum absolute atomic E-state index is 0.324. The smallest absolute Gasteiger partial charge is 0.237 e. The predicted octanol–water partition coefficient (Wildman–Crippen LogP) is 3.14. The van der Waals surface area contributed by atoms with Crippen molar-refractivity contribution in [2.24, 2.45) is 0 Å². The number of rotatable bonds is 3. The van der Waals surface area contributed by atoms with Crippen molar-refractivity contribution < 1.29 is 4.79 Å². The van der Waals surface area contributed by atoms with Crippen LogP contribution in [0.5, 0.6) is 0 Å². The number of nitrogens with one attached hydrogen (secondary N) is 1. The summed E-state index contributed by atoms with van der Waals surface area (Å²) >= 11 is 0. The lowest BCUT2D eigenvalue weighted by Gasteiger charge is -2.40. The SMILES string of the molecule is O=C1CN(Cc2cccc3[nH]ccc23)CCN1C1CCCCC1. The fourth-order valence-corrected chi connectivity index (χ4v) is 4.18. The second kappa shape index (κ2) is 6.36. The Labute approximate surface area is 137 Å². The molecule has 1 saturated heterocycles. The van der Waals surface area contributed by atoms with E-state index in [0.717, 1.165) is 19.6 Å². The fourth-order valence-electron chi connectivity index (χ4n) is 4.18. The summed E-state index contributed by atoms with van der Waals surface area (Å²) in [4.78, 5) is 20.3. The second-order valence-electron chi connectivity index (χ2n) is 6.95. The Morgan fingerprint density at radius 3 is 2.78 bits per heavy atom. The Bertz CT molecular complexity index is 687. The van der Waals surface area contributed by atoms with Crippen molar-refractivity contribution in [3.8, 4) is 0 Å². The zero-order valence-corrected chi connectivity index (χ0v) is 13.6. The predicted molar refractivity (Wildman–Crippen MR) is 92.2 cm³/mol. The molecular formula is C19H25N3O. The number of aromatic amines is 1. The van der Waals surface area contributed by atoms with E-state index in [1.807, 2.05) is 6.20 Å². The molecular weight excluding hydrogens is 286 g/mol. The van der Waals surface area contributed by atoms with Crippen LogP contribution >= 0.6 is 0 Å². The molecule has 4 heteroatoms. The summed E-state index contributed by atoms with van der Waals surface area (Å²) in [7, 11) is 0. The molecule has 2 aliphatic rings. The molecule has 0 radical (unpaired) electrons. The fraction of sp³-hybridized carbons (Fsp3) is 0.526. The first-order valence-electron chi connectivity index (χ1n) is 8.88. The van der Waals surface area contributed by atoms with E-state index in [9.17, 15) is 4.79 Å². The summed E-state index contributed by atoms with van der Waals surface area (Å²) < 4.78 is 0. The molecule has 122 valence electrons. The summed E-state index contributed by atoms with van der Waals surface area (Å²) in [6.45, 7) is 3.31. The van der Waals surface area contributed by atoms with Crippen LogP contribution in [0.3, 0.4) is 0 Å². The van der Waals surface area contributed by atoms with Gasteiger partial charge in [-0.25, -0.2) is 0 Å². The molecule has 2 aromatic rings. The van der Waals surface area contributed by atoms with Crippen molar-refractivity contribution in [2.45, 2.75) is 44.7 Å². The molecule has 0 spiro atoms. The Morgan fingerprint density at radius 1 is 1.09 bits per heavy atom. The van der Waals surface area contributed by atoms with Gasteiger partial charge < -0.3 is 9.88 Å². The quantitative estimate of drug-likeness (QED) is 0.946. The second-order valence-corrected chi connectivity index (χ2v) is 6.95. The highest BCUT2D eigenvalue weighted by Gasteiger charge is 2.30. The Hall–Kier alpha value is -1.81. The van der Waals surface area contributed by atoms with Crippen LogP contribution in [0.15, 0.2) is 30.5 Å². The van der Waals surface area contributed by atoms with E-state index >= 15 is 0 Å². The number of aromatic nitrogens is 1. The monoisotopic (exact) mass is 311 g/mol. The number of H-pyrrole nitrogens is 1. The molecule has 1 aromatic carbocycles. The molecule has 1 aliphatic heterocycles. The van der Waals surface area contributed by atoms with Crippen molar-refractivity contribution in [1.82, 2.24) is 14.8 Å². The van der Waals surface area contributed by atoms with Crippen molar-refractivity contribution >= 4 is 16.8 Å². The minimum atomic E-state index is 0.324. The number of fused-ring (bicyclic) bond motifs is 1. The van der Waals surface area contributed by atoms with Gasteiger partial charge in [0.25, 0.3) is 0 Å². The molecule has 4 nitrogen and oxygen atoms in total. The van der Waals surface area contributed by atoms with E-state index in [4.69, 9.17) is 0 Å². The van der Waals surface area contributed by atoms with Crippen LogP contribution in [0.2, 0.25) is 0 Å². The zero-order chi connectivity index (χ0) is 15.6. The van der Waals surface area contributed by atoms with Gasteiger partial charge in [0.05, 0.1) is 6.54 Å². The standard InChI is InChI=1S/C19H25N3O/c23-19-14-21(11-12-22(19)16-6-2-1-3-7-16)13-15-5-4-8-18-17(15)9-10-20-18/h4-5,8-10,16,20H,1-3,6-7,11-14H2. The van der Waals surface area contributed by atoms with E-state index in [1.165, 1.54) is 48.6 Å². The van der Waals surface area contributed by atoms with Crippen LogP contribution in [0.1, 0.15) is 37.7 Å². The molecule has 2 fully saturated rings. The molecule has 0 atom stereocenters. The van der Waals surface area contributed by atoms with Crippen LogP contribution in [0.4, 0.5) is 0 Å². The Morgan fingerprint density at radius 2 is 1.96 bits per heavy atom. The topological polar surface area (TPSA) is 39.3 Å². The van der Waals surface area contributed by atoms with E-state index in [1.54, 1.807) is 0 Å². The van der Waals surface area contributed by atoms with Crippen molar-refractivity contribution in [3.63, 3.8) is 0 Å². The first-order chi connectivity index (χ1) is 11.3. The van der Waals surface area contributed by atoms with Crippen LogP contribution in [0, 0.1) is 0 Å². The molecule has 23 heavy (non-hydrogen) atoms.